The summed E-state index contributed by atoms with van der Waals surface area (Å²) in [5, 5.41) is 3.25. The number of hydrogen-bond donors (Lipinski definition) is 3. The molecule has 1 aromatic carbocycles. The number of hydrogen-bond acceptors (Lipinski definition) is 6. The first kappa shape index (κ1) is 15.6. The molecule has 0 unspecified atom stereocenters. The zero-order valence-corrected chi connectivity index (χ0v) is 14.0. The van der Waals surface area contributed by atoms with Crippen LogP contribution in [0.3, 0.4) is 0 Å². The summed E-state index contributed by atoms with van der Waals surface area (Å²) in [6.07, 6.45) is 4.06. The second-order valence-electron chi connectivity index (χ2n) is 6.36. The topological polar surface area (TPSA) is 108 Å². The van der Waals surface area contributed by atoms with Gasteiger partial charge in [-0.15, -0.1) is 0 Å². The van der Waals surface area contributed by atoms with E-state index in [1.165, 1.54) is 12.4 Å². The van der Waals surface area contributed by atoms with Gasteiger partial charge < -0.3 is 21.4 Å². The molecule has 5 N–H and O–H groups in total. The Hall–Kier alpha value is -2.90. The maximum atomic E-state index is 14.3. The molecule has 0 radical (unpaired) electrons. The van der Waals surface area contributed by atoms with Crippen LogP contribution < -0.4 is 16.8 Å². The van der Waals surface area contributed by atoms with E-state index >= 15 is 0 Å². The maximum absolute atomic E-state index is 14.3. The van der Waals surface area contributed by atoms with Crippen molar-refractivity contribution in [2.75, 3.05) is 16.8 Å². The molecule has 130 valence electrons. The molecule has 0 fully saturated rings. The lowest BCUT2D eigenvalue weighted by Crippen LogP contribution is -2.16. The van der Waals surface area contributed by atoms with Gasteiger partial charge in [0.05, 0.1) is 17.1 Å². The van der Waals surface area contributed by atoms with Crippen LogP contribution in [-0.4, -0.2) is 19.5 Å². The van der Waals surface area contributed by atoms with Crippen molar-refractivity contribution in [1.82, 2.24) is 19.5 Å². The third kappa shape index (κ3) is 2.54. The third-order valence-corrected chi connectivity index (χ3v) is 4.70. The van der Waals surface area contributed by atoms with Crippen molar-refractivity contribution in [2.45, 2.75) is 38.8 Å². The maximum Gasteiger partial charge on any atom is 0.155 e. The van der Waals surface area contributed by atoms with Crippen LogP contribution in [0, 0.1) is 5.82 Å². The van der Waals surface area contributed by atoms with Gasteiger partial charge in [0.25, 0.3) is 0 Å². The molecule has 2 aromatic heterocycles. The first-order valence-corrected chi connectivity index (χ1v) is 8.36. The van der Waals surface area contributed by atoms with E-state index in [9.17, 15) is 4.39 Å². The molecule has 4 rings (SSSR count). The number of rotatable bonds is 3. The van der Waals surface area contributed by atoms with E-state index < -0.39 is 0 Å². The van der Waals surface area contributed by atoms with Crippen molar-refractivity contribution in [1.29, 1.82) is 0 Å². The van der Waals surface area contributed by atoms with Crippen LogP contribution >= 0.6 is 0 Å². The lowest BCUT2D eigenvalue weighted by atomic mass is 10.1. The largest absolute Gasteiger partial charge is 0.393 e. The van der Waals surface area contributed by atoms with Gasteiger partial charge in [0, 0.05) is 12.1 Å². The van der Waals surface area contributed by atoms with E-state index in [4.69, 9.17) is 16.5 Å². The van der Waals surface area contributed by atoms with Crippen molar-refractivity contribution in [3.63, 3.8) is 0 Å². The molecule has 25 heavy (non-hydrogen) atoms. The normalized spacial score (nSPS) is 15.1. The van der Waals surface area contributed by atoms with Gasteiger partial charge in [-0.1, -0.05) is 0 Å². The fraction of sp³-hybridized carbons (Fsp3) is 0.353. The first-order chi connectivity index (χ1) is 12.1. The smallest absolute Gasteiger partial charge is 0.155 e. The predicted molar refractivity (Wildman–Crippen MR) is 95.5 cm³/mol. The summed E-state index contributed by atoms with van der Waals surface area (Å²) in [5.41, 5.74) is 14.5. The number of aryl methyl sites for hydroxylation is 2. The Morgan fingerprint density at radius 3 is 2.92 bits per heavy atom. The highest BCUT2D eigenvalue weighted by molar-refractivity contribution is 5.81. The zero-order valence-electron chi connectivity index (χ0n) is 14.0. The van der Waals surface area contributed by atoms with E-state index in [1.54, 1.807) is 6.07 Å². The Morgan fingerprint density at radius 1 is 1.24 bits per heavy atom. The molecule has 8 heteroatoms. The Balaban J connectivity index is 1.78. The first-order valence-electron chi connectivity index (χ1n) is 8.36. The van der Waals surface area contributed by atoms with Gasteiger partial charge in [-0.05, 0) is 38.3 Å². The number of nitrogens with zero attached hydrogens (tertiary/aromatic N) is 4. The van der Waals surface area contributed by atoms with Crippen LogP contribution in [0.4, 0.5) is 21.7 Å². The average molecular weight is 341 g/mol. The molecule has 7 nitrogen and oxygen atoms in total. The summed E-state index contributed by atoms with van der Waals surface area (Å²) in [6, 6.07) is 3.08. The average Bonchev–Trinajstić information content (AvgIpc) is 2.81. The second kappa shape index (κ2) is 5.87. The van der Waals surface area contributed by atoms with Crippen LogP contribution in [0.1, 0.15) is 37.2 Å². The number of imidazole rings is 1. The number of halogens is 1. The standard InChI is InChI=1S/C17H20FN7/c1-9(23-16-13(19)15(20)21-8-22-16)17-24-12-6-5-11(18)10-4-2-3-7-25(17)14(10)12/h5-6,8-9H,2-4,7,19H2,1H3,(H3,20,21,22,23)/t9-/m0/s1. The summed E-state index contributed by atoms with van der Waals surface area (Å²) in [5.74, 6) is 1.39. The Bertz CT molecular complexity index is 950. The highest BCUT2D eigenvalue weighted by Crippen LogP contribution is 2.31. The molecule has 0 amide bonds. The summed E-state index contributed by atoms with van der Waals surface area (Å²) in [4.78, 5) is 12.8. The van der Waals surface area contributed by atoms with Crippen LogP contribution in [0.5, 0.6) is 0 Å². The zero-order chi connectivity index (χ0) is 17.6. The fourth-order valence-corrected chi connectivity index (χ4v) is 3.45. The van der Waals surface area contributed by atoms with Gasteiger partial charge in [-0.25, -0.2) is 19.3 Å². The van der Waals surface area contributed by atoms with Gasteiger partial charge in [-0.2, -0.15) is 0 Å². The Morgan fingerprint density at radius 2 is 2.08 bits per heavy atom. The summed E-state index contributed by atoms with van der Waals surface area (Å²) in [6.45, 7) is 2.79. The number of benzene rings is 1. The minimum absolute atomic E-state index is 0.157. The predicted octanol–water partition coefficient (Wildman–Crippen LogP) is 2.64. The minimum atomic E-state index is -0.169. The molecule has 0 spiro atoms. The lowest BCUT2D eigenvalue weighted by molar-refractivity contribution is 0.590. The van der Waals surface area contributed by atoms with Crippen molar-refractivity contribution in [3.8, 4) is 0 Å². The number of nitrogens with one attached hydrogen (secondary N) is 1. The van der Waals surface area contributed by atoms with Crippen molar-refractivity contribution in [3.05, 3.63) is 35.7 Å². The molecule has 0 aliphatic carbocycles. The minimum Gasteiger partial charge on any atom is -0.393 e. The van der Waals surface area contributed by atoms with E-state index in [1.807, 2.05) is 6.92 Å². The van der Waals surface area contributed by atoms with Crippen LogP contribution in [0.2, 0.25) is 0 Å². The Kier molecular flexibility index (Phi) is 3.67. The molecule has 3 heterocycles. The Labute approximate surface area is 144 Å². The van der Waals surface area contributed by atoms with E-state index in [0.29, 0.717) is 11.5 Å². The molecule has 1 aliphatic heterocycles. The highest BCUT2D eigenvalue weighted by Gasteiger charge is 2.23. The number of aromatic nitrogens is 4. The second-order valence-corrected chi connectivity index (χ2v) is 6.36. The van der Waals surface area contributed by atoms with Crippen molar-refractivity contribution in [2.24, 2.45) is 0 Å². The van der Waals surface area contributed by atoms with E-state index in [2.05, 4.69) is 19.9 Å². The summed E-state index contributed by atoms with van der Waals surface area (Å²) < 4.78 is 16.4. The molecular formula is C17H20FN7. The number of nitrogen functional groups attached to an aromatic ring is 2. The quantitative estimate of drug-likeness (QED) is 0.676. The summed E-state index contributed by atoms with van der Waals surface area (Å²) in [7, 11) is 0. The van der Waals surface area contributed by atoms with E-state index in [-0.39, 0.29) is 17.7 Å². The van der Waals surface area contributed by atoms with Gasteiger partial charge in [-0.3, -0.25) is 0 Å². The van der Waals surface area contributed by atoms with Crippen LogP contribution in [-0.2, 0) is 13.0 Å². The molecule has 0 saturated heterocycles. The van der Waals surface area contributed by atoms with Crippen LogP contribution in [0.25, 0.3) is 11.0 Å². The monoisotopic (exact) mass is 341 g/mol. The van der Waals surface area contributed by atoms with Crippen molar-refractivity contribution >= 4 is 28.4 Å². The highest BCUT2D eigenvalue weighted by atomic mass is 19.1. The van der Waals surface area contributed by atoms with Gasteiger partial charge in [0.2, 0.25) is 0 Å². The third-order valence-electron chi connectivity index (χ3n) is 4.70. The SMILES string of the molecule is C[C@H](Nc1ncnc(N)c1N)c1nc2ccc(F)c3c2n1CCCC3. The van der Waals surface area contributed by atoms with Gasteiger partial charge >= 0.3 is 0 Å². The van der Waals surface area contributed by atoms with Gasteiger partial charge in [0.15, 0.2) is 11.6 Å². The molecule has 0 bridgehead atoms. The number of anilines is 3. The molecule has 3 aromatic rings. The van der Waals surface area contributed by atoms with Crippen molar-refractivity contribution < 1.29 is 4.39 Å². The van der Waals surface area contributed by atoms with Crippen LogP contribution in [0.15, 0.2) is 18.5 Å². The molecular weight excluding hydrogens is 321 g/mol. The van der Waals surface area contributed by atoms with E-state index in [0.717, 1.165) is 48.2 Å². The van der Waals surface area contributed by atoms with Gasteiger partial charge in [0.1, 0.15) is 23.7 Å². The fourth-order valence-electron chi connectivity index (χ4n) is 3.45. The summed E-state index contributed by atoms with van der Waals surface area (Å²) >= 11 is 0. The lowest BCUT2D eigenvalue weighted by Gasteiger charge is -2.17. The molecule has 1 aliphatic rings. The molecule has 1 atom stereocenters. The number of nitrogens with two attached hydrogens (primary N) is 2. The molecule has 0 saturated carbocycles.